The van der Waals surface area contributed by atoms with Crippen LogP contribution in [-0.2, 0) is 22.6 Å². The van der Waals surface area contributed by atoms with E-state index >= 15 is 0 Å². The summed E-state index contributed by atoms with van der Waals surface area (Å²) in [5, 5.41) is 7.44. The fourth-order valence-electron chi connectivity index (χ4n) is 2.67. The van der Waals surface area contributed by atoms with Crippen molar-refractivity contribution in [2.24, 2.45) is 0 Å². The lowest BCUT2D eigenvalue weighted by molar-refractivity contribution is -0.174. The van der Waals surface area contributed by atoms with Crippen LogP contribution in [0.25, 0.3) is 11.0 Å². The molecule has 0 unspecified atom stereocenters. The van der Waals surface area contributed by atoms with Gasteiger partial charge in [-0.05, 0) is 30.7 Å². The summed E-state index contributed by atoms with van der Waals surface area (Å²) in [6.45, 7) is 0.498. The lowest BCUT2D eigenvalue weighted by atomic mass is 10.3. The van der Waals surface area contributed by atoms with Gasteiger partial charge in [-0.1, -0.05) is 6.07 Å². The standard InChI is InChI=1S/C17H18ClF3N6O2/c1-10-4-3-5-12(22-10)23-15-14-13(24-16(18)25-15)11(8-28-2)26-27(14)6-7-29-9-17(19,20)21/h3-5H,6-9H2,1-2H3,(H,22,23,24,25). The second-order valence-electron chi connectivity index (χ2n) is 6.10. The van der Waals surface area contributed by atoms with Gasteiger partial charge in [-0.15, -0.1) is 0 Å². The van der Waals surface area contributed by atoms with E-state index in [2.05, 4.69) is 25.4 Å². The van der Waals surface area contributed by atoms with Gasteiger partial charge in [0.2, 0.25) is 5.28 Å². The van der Waals surface area contributed by atoms with Crippen molar-refractivity contribution in [1.82, 2.24) is 24.7 Å². The van der Waals surface area contributed by atoms with E-state index < -0.39 is 12.8 Å². The molecule has 0 aliphatic carbocycles. The first-order valence-corrected chi connectivity index (χ1v) is 8.91. The summed E-state index contributed by atoms with van der Waals surface area (Å²) in [6.07, 6.45) is -4.40. The molecule has 0 bridgehead atoms. The van der Waals surface area contributed by atoms with Crippen molar-refractivity contribution in [3.8, 4) is 0 Å². The maximum atomic E-state index is 12.3. The van der Waals surface area contributed by atoms with Gasteiger partial charge in [0, 0.05) is 12.8 Å². The number of anilines is 2. The average Bonchev–Trinajstić information content (AvgIpc) is 2.96. The molecule has 1 N–H and O–H groups in total. The lowest BCUT2D eigenvalue weighted by Crippen LogP contribution is -2.19. The topological polar surface area (TPSA) is 87.0 Å². The monoisotopic (exact) mass is 430 g/mol. The number of halogens is 4. The van der Waals surface area contributed by atoms with E-state index in [1.165, 1.54) is 11.8 Å². The number of nitrogens with one attached hydrogen (secondary N) is 1. The Balaban J connectivity index is 1.96. The van der Waals surface area contributed by atoms with E-state index in [4.69, 9.17) is 21.1 Å². The number of fused-ring (bicyclic) bond motifs is 1. The molecule has 3 heterocycles. The highest BCUT2D eigenvalue weighted by Crippen LogP contribution is 2.27. The third-order valence-electron chi connectivity index (χ3n) is 3.76. The van der Waals surface area contributed by atoms with Crippen LogP contribution in [0.2, 0.25) is 5.28 Å². The number of ether oxygens (including phenoxy) is 2. The fraction of sp³-hybridized carbons (Fsp3) is 0.412. The van der Waals surface area contributed by atoms with E-state index in [1.54, 1.807) is 6.07 Å². The van der Waals surface area contributed by atoms with E-state index in [9.17, 15) is 13.2 Å². The van der Waals surface area contributed by atoms with Crippen LogP contribution >= 0.6 is 11.6 Å². The Hall–Kier alpha value is -2.50. The van der Waals surface area contributed by atoms with Gasteiger partial charge in [-0.3, -0.25) is 4.68 Å². The van der Waals surface area contributed by atoms with Gasteiger partial charge in [0.15, 0.2) is 5.82 Å². The molecule has 29 heavy (non-hydrogen) atoms. The largest absolute Gasteiger partial charge is 0.411 e. The SMILES string of the molecule is COCc1nn(CCOCC(F)(F)F)c2c(Nc3cccc(C)n3)nc(Cl)nc12. The van der Waals surface area contributed by atoms with Crippen LogP contribution in [0, 0.1) is 6.92 Å². The van der Waals surface area contributed by atoms with Gasteiger partial charge in [0.25, 0.3) is 0 Å². The van der Waals surface area contributed by atoms with Crippen molar-refractivity contribution in [2.75, 3.05) is 25.6 Å². The molecule has 0 amide bonds. The zero-order chi connectivity index (χ0) is 21.0. The lowest BCUT2D eigenvalue weighted by Gasteiger charge is -2.11. The van der Waals surface area contributed by atoms with Gasteiger partial charge in [0.05, 0.1) is 19.8 Å². The maximum absolute atomic E-state index is 12.3. The number of aryl methyl sites for hydroxylation is 1. The second-order valence-corrected chi connectivity index (χ2v) is 6.44. The summed E-state index contributed by atoms with van der Waals surface area (Å²) in [5.74, 6) is 0.846. The van der Waals surface area contributed by atoms with Crippen LogP contribution in [0.15, 0.2) is 18.2 Å². The number of hydrogen-bond acceptors (Lipinski definition) is 7. The van der Waals surface area contributed by atoms with Crippen molar-refractivity contribution in [1.29, 1.82) is 0 Å². The highest BCUT2D eigenvalue weighted by molar-refractivity contribution is 6.28. The third kappa shape index (κ3) is 5.52. The van der Waals surface area contributed by atoms with E-state index in [0.29, 0.717) is 28.4 Å². The zero-order valence-corrected chi connectivity index (χ0v) is 16.4. The molecule has 3 aromatic heterocycles. The number of pyridine rings is 1. The quantitative estimate of drug-likeness (QED) is 0.431. The molecule has 0 spiro atoms. The molecule has 0 saturated heterocycles. The molecule has 0 aliphatic rings. The van der Waals surface area contributed by atoms with Crippen LogP contribution in [0.1, 0.15) is 11.4 Å². The molecule has 0 fully saturated rings. The van der Waals surface area contributed by atoms with Gasteiger partial charge >= 0.3 is 6.18 Å². The predicted molar refractivity (Wildman–Crippen MR) is 100 cm³/mol. The maximum Gasteiger partial charge on any atom is 0.411 e. The third-order valence-corrected chi connectivity index (χ3v) is 3.93. The Bertz CT molecular complexity index is 995. The Kier molecular flexibility index (Phi) is 6.50. The highest BCUT2D eigenvalue weighted by Gasteiger charge is 2.27. The first-order valence-electron chi connectivity index (χ1n) is 8.54. The predicted octanol–water partition coefficient (Wildman–Crippen LogP) is 3.65. The van der Waals surface area contributed by atoms with Crippen LogP contribution in [0.4, 0.5) is 24.8 Å². The van der Waals surface area contributed by atoms with E-state index in [0.717, 1.165) is 5.69 Å². The Labute approximate surface area is 169 Å². The number of aromatic nitrogens is 5. The number of hydrogen-bond donors (Lipinski definition) is 1. The molecule has 0 atom stereocenters. The van der Waals surface area contributed by atoms with Crippen molar-refractivity contribution < 1.29 is 22.6 Å². The van der Waals surface area contributed by atoms with Gasteiger partial charge in [-0.25, -0.2) is 9.97 Å². The van der Waals surface area contributed by atoms with Crippen molar-refractivity contribution >= 4 is 34.3 Å². The minimum absolute atomic E-state index is 0.0159. The van der Waals surface area contributed by atoms with Gasteiger partial charge in [-0.2, -0.15) is 23.3 Å². The smallest absolute Gasteiger partial charge is 0.378 e. The molecule has 3 aromatic rings. The highest BCUT2D eigenvalue weighted by atomic mass is 35.5. The normalized spacial score (nSPS) is 11.9. The van der Waals surface area contributed by atoms with E-state index in [1.807, 2.05) is 19.1 Å². The number of methoxy groups -OCH3 is 1. The number of rotatable bonds is 8. The minimum Gasteiger partial charge on any atom is -0.378 e. The molecule has 0 radical (unpaired) electrons. The van der Waals surface area contributed by atoms with Crippen LogP contribution < -0.4 is 5.32 Å². The minimum atomic E-state index is -4.40. The molecular weight excluding hydrogens is 413 g/mol. The van der Waals surface area contributed by atoms with Crippen molar-refractivity contribution in [2.45, 2.75) is 26.3 Å². The van der Waals surface area contributed by atoms with Crippen molar-refractivity contribution in [3.05, 3.63) is 34.9 Å². The van der Waals surface area contributed by atoms with Crippen LogP contribution in [0.3, 0.4) is 0 Å². The Morgan fingerprint density at radius 3 is 2.69 bits per heavy atom. The molecule has 3 rings (SSSR count). The van der Waals surface area contributed by atoms with Crippen LogP contribution in [0.5, 0.6) is 0 Å². The fourth-order valence-corrected chi connectivity index (χ4v) is 2.84. The Morgan fingerprint density at radius 2 is 2.00 bits per heavy atom. The summed E-state index contributed by atoms with van der Waals surface area (Å²) in [7, 11) is 1.50. The van der Waals surface area contributed by atoms with Gasteiger partial charge < -0.3 is 14.8 Å². The molecule has 0 saturated carbocycles. The number of nitrogens with zero attached hydrogens (tertiary/aromatic N) is 5. The summed E-state index contributed by atoms with van der Waals surface area (Å²) < 4.78 is 48.2. The van der Waals surface area contributed by atoms with Crippen LogP contribution in [-0.4, -0.2) is 51.2 Å². The average molecular weight is 431 g/mol. The zero-order valence-electron chi connectivity index (χ0n) is 15.6. The first-order chi connectivity index (χ1) is 13.8. The second kappa shape index (κ2) is 8.89. The molecule has 0 aromatic carbocycles. The number of alkyl halides is 3. The van der Waals surface area contributed by atoms with Crippen molar-refractivity contribution in [3.63, 3.8) is 0 Å². The first kappa shape index (κ1) is 21.2. The summed E-state index contributed by atoms with van der Waals surface area (Å²) in [6, 6.07) is 5.41. The molecule has 156 valence electrons. The summed E-state index contributed by atoms with van der Waals surface area (Å²) >= 11 is 6.07. The van der Waals surface area contributed by atoms with E-state index in [-0.39, 0.29) is 25.0 Å². The molecule has 0 aliphatic heterocycles. The molecule has 8 nitrogen and oxygen atoms in total. The molecular formula is C17H18ClF3N6O2. The molecule has 12 heteroatoms. The van der Waals surface area contributed by atoms with Gasteiger partial charge in [0.1, 0.15) is 29.2 Å². The summed E-state index contributed by atoms with van der Waals surface area (Å²) in [5.41, 5.74) is 2.15. The Morgan fingerprint density at radius 1 is 1.21 bits per heavy atom. The summed E-state index contributed by atoms with van der Waals surface area (Å²) in [4.78, 5) is 12.8.